The van der Waals surface area contributed by atoms with Gasteiger partial charge in [0, 0.05) is 44.1 Å². The van der Waals surface area contributed by atoms with Crippen molar-refractivity contribution < 1.29 is 14.3 Å². The van der Waals surface area contributed by atoms with E-state index in [9.17, 15) is 9.59 Å². The zero-order valence-corrected chi connectivity index (χ0v) is 17.2. The number of halogens is 1. The van der Waals surface area contributed by atoms with Gasteiger partial charge in [-0.3, -0.25) is 4.79 Å². The molecule has 0 atom stereocenters. The van der Waals surface area contributed by atoms with Crippen LogP contribution >= 0.6 is 15.9 Å². The van der Waals surface area contributed by atoms with E-state index in [1.165, 1.54) is 0 Å². The monoisotopic (exact) mass is 421 g/mol. The smallest absolute Gasteiger partial charge is 0.410 e. The minimum Gasteiger partial charge on any atom is -0.444 e. The molecule has 7 heteroatoms. The van der Waals surface area contributed by atoms with E-state index in [0.717, 1.165) is 15.4 Å². The molecule has 26 heavy (non-hydrogen) atoms. The summed E-state index contributed by atoms with van der Waals surface area (Å²) in [5.74, 6) is -0.0283. The quantitative estimate of drug-likeness (QED) is 0.706. The zero-order chi connectivity index (χ0) is 19.1. The molecule has 140 valence electrons. The lowest BCUT2D eigenvalue weighted by Gasteiger charge is -2.35. The summed E-state index contributed by atoms with van der Waals surface area (Å²) in [6.07, 6.45) is -0.324. The Morgan fingerprint density at radius 2 is 1.62 bits per heavy atom. The number of aromatic nitrogens is 1. The number of aryl methyl sites for hydroxylation is 1. The topological polar surface area (TPSA) is 54.8 Å². The number of piperazine rings is 1. The first kappa shape index (κ1) is 18.8. The van der Waals surface area contributed by atoms with Gasteiger partial charge in [-0.15, -0.1) is 0 Å². The first-order chi connectivity index (χ1) is 12.2. The highest BCUT2D eigenvalue weighted by atomic mass is 79.9. The number of fused-ring (bicyclic) bond motifs is 1. The van der Waals surface area contributed by atoms with Crippen LogP contribution in [0.2, 0.25) is 0 Å². The van der Waals surface area contributed by atoms with Crippen LogP contribution in [-0.2, 0) is 11.8 Å². The van der Waals surface area contributed by atoms with E-state index in [4.69, 9.17) is 4.74 Å². The Bertz CT molecular complexity index is 807. The van der Waals surface area contributed by atoms with Crippen molar-refractivity contribution >= 4 is 38.8 Å². The second kappa shape index (κ2) is 6.95. The SMILES string of the molecule is Cn1c(C(=O)N2CCN(C(=O)OC(C)(C)C)CC2)c(Br)c2ccccc21. The third-order valence-electron chi connectivity index (χ3n) is 4.47. The number of hydrogen-bond donors (Lipinski definition) is 0. The van der Waals surface area contributed by atoms with Crippen LogP contribution in [0.25, 0.3) is 10.9 Å². The molecule has 0 radical (unpaired) electrons. The maximum Gasteiger partial charge on any atom is 0.410 e. The molecule has 1 saturated heterocycles. The average Bonchev–Trinajstić information content (AvgIpc) is 2.84. The number of rotatable bonds is 1. The summed E-state index contributed by atoms with van der Waals surface area (Å²) >= 11 is 3.59. The van der Waals surface area contributed by atoms with Gasteiger partial charge in [0.15, 0.2) is 0 Å². The molecule has 3 rings (SSSR count). The van der Waals surface area contributed by atoms with Crippen molar-refractivity contribution in [3.05, 3.63) is 34.4 Å². The lowest BCUT2D eigenvalue weighted by molar-refractivity contribution is 0.0139. The molecule has 0 unspecified atom stereocenters. The highest BCUT2D eigenvalue weighted by Gasteiger charge is 2.30. The zero-order valence-electron chi connectivity index (χ0n) is 15.6. The molecule has 0 spiro atoms. The molecule has 1 fully saturated rings. The Kier molecular flexibility index (Phi) is 5.01. The van der Waals surface area contributed by atoms with Gasteiger partial charge in [-0.05, 0) is 42.8 Å². The molecular weight excluding hydrogens is 398 g/mol. The van der Waals surface area contributed by atoms with Crippen LogP contribution in [0.4, 0.5) is 4.79 Å². The highest BCUT2D eigenvalue weighted by Crippen LogP contribution is 2.31. The molecule has 6 nitrogen and oxygen atoms in total. The second-order valence-electron chi connectivity index (χ2n) is 7.50. The van der Waals surface area contributed by atoms with Gasteiger partial charge in [-0.2, -0.15) is 0 Å². The Hall–Kier alpha value is -2.02. The minimum absolute atomic E-state index is 0.0283. The fourth-order valence-corrected chi connectivity index (χ4v) is 3.92. The summed E-state index contributed by atoms with van der Waals surface area (Å²) in [5.41, 5.74) is 1.13. The van der Waals surface area contributed by atoms with Gasteiger partial charge >= 0.3 is 6.09 Å². The van der Waals surface area contributed by atoms with Crippen molar-refractivity contribution in [2.45, 2.75) is 26.4 Å². The maximum absolute atomic E-state index is 13.1. The largest absolute Gasteiger partial charge is 0.444 e. The molecule has 0 aliphatic carbocycles. The van der Waals surface area contributed by atoms with Gasteiger partial charge < -0.3 is 19.1 Å². The number of benzene rings is 1. The number of ether oxygens (including phenoxy) is 1. The minimum atomic E-state index is -0.516. The van der Waals surface area contributed by atoms with Crippen LogP contribution in [0.3, 0.4) is 0 Å². The molecule has 1 aliphatic heterocycles. The Morgan fingerprint density at radius 3 is 2.19 bits per heavy atom. The molecule has 2 aromatic rings. The van der Waals surface area contributed by atoms with E-state index in [1.54, 1.807) is 9.80 Å². The van der Waals surface area contributed by atoms with E-state index in [-0.39, 0.29) is 12.0 Å². The van der Waals surface area contributed by atoms with Gasteiger partial charge in [-0.25, -0.2) is 4.79 Å². The fourth-order valence-electron chi connectivity index (χ4n) is 3.15. The van der Waals surface area contributed by atoms with E-state index < -0.39 is 5.60 Å². The molecule has 1 aromatic heterocycles. The Labute approximate surface area is 161 Å². The third-order valence-corrected chi connectivity index (χ3v) is 5.27. The van der Waals surface area contributed by atoms with Crippen molar-refractivity contribution in [3.63, 3.8) is 0 Å². The number of carbonyl (C=O) groups excluding carboxylic acids is 2. The normalized spacial score (nSPS) is 15.4. The summed E-state index contributed by atoms with van der Waals surface area (Å²) in [7, 11) is 1.90. The lowest BCUT2D eigenvalue weighted by Crippen LogP contribution is -2.51. The Morgan fingerprint density at radius 1 is 1.04 bits per heavy atom. The van der Waals surface area contributed by atoms with E-state index in [2.05, 4.69) is 15.9 Å². The van der Waals surface area contributed by atoms with Crippen molar-refractivity contribution in [2.24, 2.45) is 7.05 Å². The summed E-state index contributed by atoms with van der Waals surface area (Å²) < 4.78 is 8.14. The molecule has 2 amide bonds. The predicted octanol–water partition coefficient (Wildman–Crippen LogP) is 3.63. The molecule has 0 N–H and O–H groups in total. The first-order valence-corrected chi connectivity index (χ1v) is 9.48. The van der Waals surface area contributed by atoms with Crippen LogP contribution in [0.15, 0.2) is 28.7 Å². The van der Waals surface area contributed by atoms with Crippen molar-refractivity contribution in [1.82, 2.24) is 14.4 Å². The van der Waals surface area contributed by atoms with Crippen LogP contribution in [0.5, 0.6) is 0 Å². The number of carbonyl (C=O) groups is 2. The van der Waals surface area contributed by atoms with E-state index >= 15 is 0 Å². The van der Waals surface area contributed by atoms with Crippen LogP contribution in [-0.4, -0.2) is 58.1 Å². The number of nitrogens with zero attached hydrogens (tertiary/aromatic N) is 3. The van der Waals surface area contributed by atoms with Gasteiger partial charge in [-0.1, -0.05) is 18.2 Å². The molecule has 1 aromatic carbocycles. The van der Waals surface area contributed by atoms with Crippen LogP contribution in [0.1, 0.15) is 31.3 Å². The molecule has 1 aliphatic rings. The predicted molar refractivity (Wildman–Crippen MR) is 104 cm³/mol. The lowest BCUT2D eigenvalue weighted by atomic mass is 10.2. The van der Waals surface area contributed by atoms with Crippen molar-refractivity contribution in [3.8, 4) is 0 Å². The van der Waals surface area contributed by atoms with Gasteiger partial charge in [0.05, 0.1) is 4.47 Å². The van der Waals surface area contributed by atoms with Gasteiger partial charge in [0.2, 0.25) is 0 Å². The summed E-state index contributed by atoms with van der Waals surface area (Å²) in [5, 5.41) is 1.02. The number of hydrogen-bond acceptors (Lipinski definition) is 3. The number of para-hydroxylation sites is 1. The third kappa shape index (κ3) is 3.58. The molecule has 0 saturated carbocycles. The first-order valence-electron chi connectivity index (χ1n) is 8.69. The fraction of sp³-hybridized carbons (Fsp3) is 0.474. The summed E-state index contributed by atoms with van der Waals surface area (Å²) in [4.78, 5) is 28.7. The highest BCUT2D eigenvalue weighted by molar-refractivity contribution is 9.10. The van der Waals surface area contributed by atoms with Crippen LogP contribution < -0.4 is 0 Å². The van der Waals surface area contributed by atoms with E-state index in [1.807, 2.05) is 56.7 Å². The molecule has 0 bridgehead atoms. The van der Waals surface area contributed by atoms with Gasteiger partial charge in [0.1, 0.15) is 11.3 Å². The molecular formula is C19H24BrN3O3. The second-order valence-corrected chi connectivity index (χ2v) is 8.29. The van der Waals surface area contributed by atoms with Crippen molar-refractivity contribution in [1.29, 1.82) is 0 Å². The number of amides is 2. The van der Waals surface area contributed by atoms with Crippen LogP contribution in [0, 0.1) is 0 Å². The summed E-state index contributed by atoms with van der Waals surface area (Å²) in [6, 6.07) is 7.91. The molecule has 2 heterocycles. The van der Waals surface area contributed by atoms with E-state index in [0.29, 0.717) is 31.9 Å². The van der Waals surface area contributed by atoms with Crippen molar-refractivity contribution in [2.75, 3.05) is 26.2 Å². The standard InChI is InChI=1S/C19H24BrN3O3/c1-19(2,3)26-18(25)23-11-9-22(10-12-23)17(24)16-15(20)13-7-5-6-8-14(13)21(16)4/h5-8H,9-12H2,1-4H3. The summed E-state index contributed by atoms with van der Waals surface area (Å²) in [6.45, 7) is 7.48. The average molecular weight is 422 g/mol. The van der Waals surface area contributed by atoms with Gasteiger partial charge in [0.25, 0.3) is 5.91 Å². The maximum atomic E-state index is 13.1. The Balaban J connectivity index is 1.73.